The highest BCUT2D eigenvalue weighted by molar-refractivity contribution is 5.70. The lowest BCUT2D eigenvalue weighted by atomic mass is 9.79. The van der Waals surface area contributed by atoms with Crippen LogP contribution in [0.15, 0.2) is 0 Å². The van der Waals surface area contributed by atoms with Crippen molar-refractivity contribution in [1.29, 1.82) is 0 Å². The van der Waals surface area contributed by atoms with E-state index in [2.05, 4.69) is 0 Å². The molecule has 0 saturated carbocycles. The molecule has 2 saturated heterocycles. The summed E-state index contributed by atoms with van der Waals surface area (Å²) in [4.78, 5) is 13.8. The van der Waals surface area contributed by atoms with Gasteiger partial charge in [0.25, 0.3) is 0 Å². The Kier molecular flexibility index (Phi) is 3.08. The monoisotopic (exact) mass is 242 g/mol. The minimum atomic E-state index is -0.453. The molecule has 2 fully saturated rings. The van der Waals surface area contributed by atoms with E-state index in [1.807, 2.05) is 20.8 Å². The van der Waals surface area contributed by atoms with Crippen LogP contribution in [0.25, 0.3) is 0 Å². The standard InChI is InChI=1S/C12H22N2O3/c1-11(2,3)17-10(15)14-5-4-12(14)6-9(13)7-16-8-12/h9H,4-8,13H2,1-3H3. The molecule has 17 heavy (non-hydrogen) atoms. The fourth-order valence-electron chi connectivity index (χ4n) is 2.51. The van der Waals surface area contributed by atoms with Crippen molar-refractivity contribution in [3.63, 3.8) is 0 Å². The number of ether oxygens (including phenoxy) is 2. The van der Waals surface area contributed by atoms with Crippen LogP contribution in [0.5, 0.6) is 0 Å². The average molecular weight is 242 g/mol. The van der Waals surface area contributed by atoms with E-state index in [0.717, 1.165) is 19.4 Å². The fourth-order valence-corrected chi connectivity index (χ4v) is 2.51. The molecular weight excluding hydrogens is 220 g/mol. The van der Waals surface area contributed by atoms with Gasteiger partial charge in [0.15, 0.2) is 0 Å². The van der Waals surface area contributed by atoms with E-state index < -0.39 is 5.60 Å². The first-order valence-electron chi connectivity index (χ1n) is 6.16. The molecule has 5 heteroatoms. The Hall–Kier alpha value is -0.810. The SMILES string of the molecule is CC(C)(C)OC(=O)N1CCC12COCC(N)C2. The molecule has 0 aliphatic carbocycles. The quantitative estimate of drug-likeness (QED) is 0.691. The van der Waals surface area contributed by atoms with E-state index in [4.69, 9.17) is 15.2 Å². The van der Waals surface area contributed by atoms with E-state index >= 15 is 0 Å². The van der Waals surface area contributed by atoms with Crippen LogP contribution in [0.4, 0.5) is 4.79 Å². The third kappa shape index (κ3) is 2.55. The Bertz CT molecular complexity index is 313. The molecule has 0 aromatic carbocycles. The first-order chi connectivity index (χ1) is 7.82. The summed E-state index contributed by atoms with van der Waals surface area (Å²) in [6.07, 6.45) is 1.52. The largest absolute Gasteiger partial charge is 0.444 e. The second-order valence-corrected chi connectivity index (χ2v) is 6.09. The number of carbonyl (C=O) groups is 1. The molecule has 2 unspecified atom stereocenters. The highest BCUT2D eigenvalue weighted by Gasteiger charge is 2.51. The topological polar surface area (TPSA) is 64.8 Å². The number of rotatable bonds is 0. The summed E-state index contributed by atoms with van der Waals surface area (Å²) in [5, 5.41) is 0. The number of nitrogens with zero attached hydrogens (tertiary/aromatic N) is 1. The molecule has 2 atom stereocenters. The van der Waals surface area contributed by atoms with Crippen molar-refractivity contribution in [2.75, 3.05) is 19.8 Å². The van der Waals surface area contributed by atoms with Gasteiger partial charge < -0.3 is 15.2 Å². The summed E-state index contributed by atoms with van der Waals surface area (Å²) in [6.45, 7) is 7.54. The van der Waals surface area contributed by atoms with Crippen LogP contribution in [-0.2, 0) is 9.47 Å². The average Bonchev–Trinajstić information content (AvgIpc) is 2.12. The molecule has 0 bridgehead atoms. The zero-order valence-electron chi connectivity index (χ0n) is 10.9. The van der Waals surface area contributed by atoms with E-state index in [1.54, 1.807) is 4.90 Å². The predicted octanol–water partition coefficient (Wildman–Crippen LogP) is 1.11. The number of hydrogen-bond acceptors (Lipinski definition) is 4. The summed E-state index contributed by atoms with van der Waals surface area (Å²) < 4.78 is 10.9. The van der Waals surface area contributed by atoms with Gasteiger partial charge in [-0.2, -0.15) is 0 Å². The summed E-state index contributed by atoms with van der Waals surface area (Å²) >= 11 is 0. The molecule has 98 valence electrons. The highest BCUT2D eigenvalue weighted by atomic mass is 16.6. The smallest absolute Gasteiger partial charge is 0.410 e. The molecule has 5 nitrogen and oxygen atoms in total. The van der Waals surface area contributed by atoms with Gasteiger partial charge in [-0.15, -0.1) is 0 Å². The Morgan fingerprint density at radius 1 is 1.53 bits per heavy atom. The van der Waals surface area contributed by atoms with E-state index in [-0.39, 0.29) is 17.7 Å². The molecule has 1 amide bonds. The van der Waals surface area contributed by atoms with Crippen LogP contribution >= 0.6 is 0 Å². The number of amides is 1. The number of hydrogen-bond donors (Lipinski definition) is 1. The van der Waals surface area contributed by atoms with Gasteiger partial charge in [0, 0.05) is 12.6 Å². The van der Waals surface area contributed by atoms with Crippen LogP contribution in [0.1, 0.15) is 33.6 Å². The lowest BCUT2D eigenvalue weighted by Gasteiger charge is -2.55. The van der Waals surface area contributed by atoms with Gasteiger partial charge in [0.2, 0.25) is 0 Å². The van der Waals surface area contributed by atoms with Gasteiger partial charge in [-0.3, -0.25) is 4.90 Å². The molecule has 2 heterocycles. The van der Waals surface area contributed by atoms with E-state index in [9.17, 15) is 4.79 Å². The Labute approximate surface area is 102 Å². The Morgan fingerprint density at radius 2 is 2.24 bits per heavy atom. The molecule has 2 aliphatic rings. The molecule has 0 aromatic rings. The molecule has 2 aliphatic heterocycles. The lowest BCUT2D eigenvalue weighted by Crippen LogP contribution is -2.68. The van der Waals surface area contributed by atoms with Gasteiger partial charge in [0.05, 0.1) is 18.8 Å². The van der Waals surface area contributed by atoms with Gasteiger partial charge in [-0.25, -0.2) is 4.79 Å². The summed E-state index contributed by atoms with van der Waals surface area (Å²) in [5.41, 5.74) is 5.24. The highest BCUT2D eigenvalue weighted by Crippen LogP contribution is 2.38. The zero-order valence-corrected chi connectivity index (χ0v) is 10.9. The number of nitrogens with two attached hydrogens (primary N) is 1. The molecule has 0 aromatic heterocycles. The van der Waals surface area contributed by atoms with E-state index in [1.165, 1.54) is 0 Å². The number of carbonyl (C=O) groups excluding carboxylic acids is 1. The fraction of sp³-hybridized carbons (Fsp3) is 0.917. The Balaban J connectivity index is 2.00. The van der Waals surface area contributed by atoms with Gasteiger partial charge in [0.1, 0.15) is 5.60 Å². The second-order valence-electron chi connectivity index (χ2n) is 6.09. The minimum Gasteiger partial charge on any atom is -0.444 e. The van der Waals surface area contributed by atoms with Gasteiger partial charge in [-0.05, 0) is 33.6 Å². The lowest BCUT2D eigenvalue weighted by molar-refractivity contribution is -0.112. The first-order valence-corrected chi connectivity index (χ1v) is 6.16. The molecule has 0 radical (unpaired) electrons. The third-order valence-corrected chi connectivity index (χ3v) is 3.33. The third-order valence-electron chi connectivity index (χ3n) is 3.33. The van der Waals surface area contributed by atoms with Crippen LogP contribution < -0.4 is 5.73 Å². The van der Waals surface area contributed by atoms with Crippen molar-refractivity contribution in [3.8, 4) is 0 Å². The Morgan fingerprint density at radius 3 is 2.71 bits per heavy atom. The molecule has 2 rings (SSSR count). The summed E-state index contributed by atoms with van der Waals surface area (Å²) in [6, 6.07) is 0.0222. The minimum absolute atomic E-state index is 0.0222. The number of likely N-dealkylation sites (tertiary alicyclic amines) is 1. The molecule has 2 N–H and O–H groups in total. The van der Waals surface area contributed by atoms with Crippen molar-refractivity contribution in [2.45, 2.75) is 50.8 Å². The normalized spacial score (nSPS) is 33.4. The van der Waals surface area contributed by atoms with Crippen molar-refractivity contribution >= 4 is 6.09 Å². The van der Waals surface area contributed by atoms with Crippen LogP contribution in [-0.4, -0.2) is 47.9 Å². The molecular formula is C12H22N2O3. The summed E-state index contributed by atoms with van der Waals surface area (Å²) in [5.74, 6) is 0. The maximum absolute atomic E-state index is 12.0. The van der Waals surface area contributed by atoms with E-state index in [0.29, 0.717) is 13.2 Å². The predicted molar refractivity (Wildman–Crippen MR) is 63.7 cm³/mol. The van der Waals surface area contributed by atoms with Crippen molar-refractivity contribution < 1.29 is 14.3 Å². The van der Waals surface area contributed by atoms with Crippen molar-refractivity contribution in [3.05, 3.63) is 0 Å². The molecule has 1 spiro atoms. The van der Waals surface area contributed by atoms with Crippen LogP contribution in [0, 0.1) is 0 Å². The van der Waals surface area contributed by atoms with Crippen LogP contribution in [0.3, 0.4) is 0 Å². The summed E-state index contributed by atoms with van der Waals surface area (Å²) in [7, 11) is 0. The van der Waals surface area contributed by atoms with Crippen LogP contribution in [0.2, 0.25) is 0 Å². The second kappa shape index (κ2) is 4.14. The van der Waals surface area contributed by atoms with Gasteiger partial charge in [-0.1, -0.05) is 0 Å². The van der Waals surface area contributed by atoms with Crippen molar-refractivity contribution in [2.24, 2.45) is 5.73 Å². The maximum atomic E-state index is 12.0. The first kappa shape index (κ1) is 12.6. The maximum Gasteiger partial charge on any atom is 0.410 e. The van der Waals surface area contributed by atoms with Crippen molar-refractivity contribution in [1.82, 2.24) is 4.90 Å². The van der Waals surface area contributed by atoms with Gasteiger partial charge >= 0.3 is 6.09 Å². The zero-order chi connectivity index (χ0) is 12.7.